The quantitative estimate of drug-likeness (QED) is 0.0609. The predicted molar refractivity (Wildman–Crippen MR) is 534 cm³/mol. The normalized spacial score (nSPS) is 32.4. The Morgan fingerprint density at radius 3 is 0.812 bits per heavy atom. The van der Waals surface area contributed by atoms with Crippen molar-refractivity contribution in [2.24, 2.45) is 55.7 Å². The molecule has 0 amide bonds. The number of ether oxygens (including phenoxy) is 5. The molecule has 144 heavy (non-hydrogen) atoms. The van der Waals surface area contributed by atoms with Crippen LogP contribution in [0, 0.1) is 85.2 Å². The number of sulfonamides is 2. The van der Waals surface area contributed by atoms with Gasteiger partial charge in [0.1, 0.15) is 88.7 Å². The van der Waals surface area contributed by atoms with Gasteiger partial charge in [-0.2, -0.15) is 0 Å². The van der Waals surface area contributed by atoms with Gasteiger partial charge < -0.3 is 62.2 Å². The summed E-state index contributed by atoms with van der Waals surface area (Å²) in [7, 11) is -4.02. The molecule has 10 N–H and O–H groups in total. The summed E-state index contributed by atoms with van der Waals surface area (Å²) in [5.74, 6) is -4.69. The number of rotatable bonds is 15. The van der Waals surface area contributed by atoms with Gasteiger partial charge in [0.2, 0.25) is 20.0 Å². The molecule has 5 spiro atoms. The van der Waals surface area contributed by atoms with Crippen LogP contribution in [0.1, 0.15) is 239 Å². The lowest BCUT2D eigenvalue weighted by atomic mass is 9.77. The van der Waals surface area contributed by atoms with Crippen molar-refractivity contribution in [3.63, 3.8) is 0 Å². The lowest BCUT2D eigenvalue weighted by molar-refractivity contribution is -0.0631. The van der Waals surface area contributed by atoms with E-state index in [9.17, 15) is 60.7 Å². The van der Waals surface area contributed by atoms with Crippen LogP contribution < -0.4 is 28.7 Å². The second-order valence-electron chi connectivity index (χ2n) is 46.7. The van der Waals surface area contributed by atoms with Gasteiger partial charge in [0.25, 0.3) is 0 Å². The molecule has 22 rings (SSSR count). The highest BCUT2D eigenvalue weighted by Crippen LogP contribution is 2.51. The van der Waals surface area contributed by atoms with E-state index in [4.69, 9.17) is 52.4 Å². The lowest BCUT2D eigenvalue weighted by Gasteiger charge is -2.46. The Labute approximate surface area is 846 Å². The van der Waals surface area contributed by atoms with Crippen molar-refractivity contribution in [2.45, 2.75) is 289 Å². The van der Waals surface area contributed by atoms with Gasteiger partial charge in [-0.05, 0) is 378 Å². The van der Waals surface area contributed by atoms with Crippen molar-refractivity contribution in [1.29, 1.82) is 0 Å². The smallest absolute Gasteiger partial charge is 0.216 e. The fourth-order valence-corrected chi connectivity index (χ4v) is 30.5. The van der Waals surface area contributed by atoms with E-state index < -0.39 is 121 Å². The number of halogens is 10. The number of nitrogens with zero attached hydrogens (tertiary/aromatic N) is 10. The molecule has 15 saturated heterocycles. The van der Waals surface area contributed by atoms with Gasteiger partial charge in [0.05, 0.1) is 44.5 Å². The van der Waals surface area contributed by atoms with E-state index in [0.717, 1.165) is 203 Å². The fraction of sp³-hybridized carbons (Fsp3) is 0.722. The minimum Gasteiger partial charge on any atom is -0.370 e. The van der Waals surface area contributed by atoms with Crippen molar-refractivity contribution >= 4 is 20.0 Å². The Balaban J connectivity index is 0.000000119. The summed E-state index contributed by atoms with van der Waals surface area (Å²) in [4.78, 5) is 20.1. The number of piperidine rings is 5. The molecular weight excluding hydrogens is 1910 g/mol. The summed E-state index contributed by atoms with van der Waals surface area (Å²) in [5.41, 5.74) is 34.4. The summed E-state index contributed by atoms with van der Waals surface area (Å²) in [5, 5.41) is -0.139. The Morgan fingerprint density at radius 2 is 0.556 bits per heavy atom. The van der Waals surface area contributed by atoms with E-state index in [1.807, 2.05) is 0 Å². The lowest BCUT2D eigenvalue weighted by Crippen LogP contribution is -2.53. The van der Waals surface area contributed by atoms with Gasteiger partial charge in [-0.3, -0.25) is 29.4 Å². The van der Waals surface area contributed by atoms with Crippen LogP contribution in [0.5, 0.6) is 0 Å². The van der Waals surface area contributed by atoms with Crippen LogP contribution in [0.3, 0.4) is 0 Å². The summed E-state index contributed by atoms with van der Waals surface area (Å²) < 4.78 is 220. The average molecular weight is 2060 g/mol. The molecule has 36 heteroatoms. The van der Waals surface area contributed by atoms with Gasteiger partial charge in [0.15, 0.2) is 0 Å². The summed E-state index contributed by atoms with van der Waals surface area (Å²) in [6.07, 6.45) is 26.2. The van der Waals surface area contributed by atoms with E-state index >= 15 is 0 Å². The van der Waals surface area contributed by atoms with Crippen LogP contribution >= 0.6 is 0 Å². The highest BCUT2D eigenvalue weighted by molar-refractivity contribution is 7.90. The van der Waals surface area contributed by atoms with Crippen molar-refractivity contribution < 1.29 is 84.4 Å². The molecule has 5 aromatic carbocycles. The largest absolute Gasteiger partial charge is 0.370 e. The number of hydrogen-bond donors (Lipinski definition) is 5. The fourth-order valence-electron chi connectivity index (χ4n) is 27.6. The molecule has 15 atom stereocenters. The highest BCUT2D eigenvalue weighted by atomic mass is 32.2. The number of likely N-dealkylation sites (tertiary alicyclic amines) is 8. The highest BCUT2D eigenvalue weighted by Gasteiger charge is 2.54. The molecule has 2 saturated carbocycles. The summed E-state index contributed by atoms with van der Waals surface area (Å²) >= 11 is 0. The van der Waals surface area contributed by atoms with E-state index in [0.29, 0.717) is 94.3 Å². The first-order valence-corrected chi connectivity index (χ1v) is 57.1. The second kappa shape index (κ2) is 45.8. The molecule has 15 heterocycles. The molecule has 0 radical (unpaired) electrons. The minimum atomic E-state index is -3.13. The predicted octanol–water partition coefficient (Wildman–Crippen LogP) is 14.0. The monoisotopic (exact) mass is 2060 g/mol. The Kier molecular flexibility index (Phi) is 34.4. The third-order valence-corrected chi connectivity index (χ3v) is 40.5. The summed E-state index contributed by atoms with van der Waals surface area (Å²) in [6, 6.07) is 18.0. The van der Waals surface area contributed by atoms with Crippen LogP contribution in [0.15, 0.2) is 91.0 Å². The Hall–Kier alpha value is -5.50. The van der Waals surface area contributed by atoms with Crippen molar-refractivity contribution in [3.8, 4) is 0 Å². The molecule has 2 aliphatic carbocycles. The summed E-state index contributed by atoms with van der Waals surface area (Å²) in [6.45, 7) is 27.0. The number of benzene rings is 5. The van der Waals surface area contributed by atoms with Crippen LogP contribution in [0.25, 0.3) is 0 Å². The molecule has 0 unspecified atom stereocenters. The first-order chi connectivity index (χ1) is 68.8. The van der Waals surface area contributed by atoms with E-state index in [-0.39, 0.29) is 92.2 Å². The molecule has 17 fully saturated rings. The third-order valence-electron chi connectivity index (χ3n) is 36.9. The Morgan fingerprint density at radius 1 is 0.306 bits per heavy atom. The first-order valence-electron chi connectivity index (χ1n) is 53.7. The van der Waals surface area contributed by atoms with Gasteiger partial charge in [0, 0.05) is 146 Å². The average Bonchev–Trinajstić information content (AvgIpc) is 1.61. The first kappa shape index (κ1) is 108. The van der Waals surface area contributed by atoms with Gasteiger partial charge in [-0.1, -0.05) is 12.8 Å². The topological polar surface area (TPSA) is 277 Å². The van der Waals surface area contributed by atoms with Crippen molar-refractivity contribution in [3.05, 3.63) is 177 Å². The van der Waals surface area contributed by atoms with Crippen LogP contribution in [-0.4, -0.2) is 320 Å². The SMILES string of the molecule is CC(C)N1CCC2(CCN([C@H]3CO[C@H](c4cc(F)ccc4F)[C@@H](N)C3)CC2)C1.CN1CCC2(CCN([C@H]3CO[C@H](c4cc(F)ccc4F)[C@@H](N)C3)CC2)C1.CS(=O)(=O)N1CCC2(CCN([C@H]3CO[C@H](c4cc(F)ccc4F)[C@@H](N)C3)CC2)C1.N[C@H]1C[C@@H](N2CCC3(CC2)CCN(S(=O)(=O)C2CC2)C3)CO[C@@H]1c1cc(F)ccc1F.N[C@H]1C[C@@H](N2CCC3(CCN(C4CCCC4)C3)CC2)CO[C@@H]1c1cc(F)ccc1F. The number of nitrogens with two attached hydrogens (primary N) is 5. The minimum absolute atomic E-state index is 0.0739. The zero-order valence-corrected chi connectivity index (χ0v) is 86.4. The molecule has 17 aliphatic rings. The van der Waals surface area contributed by atoms with E-state index in [1.165, 1.54) is 159 Å². The standard InChI is InChI=1S/C24H35F2N3O.C22H31F2N3O3S.C22H33F2N3O.C20H29F2N3O3S.C20H29F2N3O/c25-17-5-6-21(26)20(13-17)23-22(27)14-19(15-30-23)28-10-7-24(8-11-28)9-12-29(16-24)18-3-1-2-4-18;23-15-1-4-19(24)18(11-15)21-20(25)12-16(13-30-21)26-8-5-22(6-9-26)7-10-27(14-22)31(28,29)17-2-3-17;1-15(2)27-10-7-22(14-27)5-8-26(9-6-22)17-12-20(25)21(28-13-17)18-11-16(23)3-4-19(18)24;1-29(26,27)25-9-6-20(13-25)4-7-24(8-5-20)15-11-18(23)19(28-12-15)16-10-14(21)2-3-17(16)22;1-24-7-4-20(13-24)5-8-25(9-6-20)15-11-18(23)19(26-12-15)16-10-14(21)2-3-17(16)22/h5-6,13,18-19,22-23H,1-4,7-12,14-16,27H2;1,4,11,16-17,20-21H,2-3,5-10,12-14,25H2;3-4,11,15,17,20-21H,5-10,12-14,25H2,1-2H3;2-3,10,15,18-19H,4-9,11-13,23H2,1H3;2-3,10,15,18-19H,4-9,11-13,23H2,1H3/t19-,22+,23-;16-,20+,21-;17-,20+,21-;2*15-,18+,19-/m11111/s1. The third kappa shape index (κ3) is 25.2. The maximum Gasteiger partial charge on any atom is 0.216 e. The molecular formula is C108H157F10N15O9S2. The molecule has 24 nitrogen and oxygen atoms in total. The molecule has 15 aliphatic heterocycles. The molecule has 0 bridgehead atoms. The van der Waals surface area contributed by atoms with Crippen molar-refractivity contribution in [1.82, 2.24) is 47.8 Å². The van der Waals surface area contributed by atoms with Gasteiger partial charge in [-0.15, -0.1) is 0 Å². The van der Waals surface area contributed by atoms with Gasteiger partial charge in [-0.25, -0.2) is 69.4 Å². The molecule has 0 aromatic heterocycles. The van der Waals surface area contributed by atoms with Crippen LogP contribution in [-0.2, 0) is 43.7 Å². The molecule has 5 aromatic rings. The zero-order chi connectivity index (χ0) is 102. The second-order valence-corrected chi connectivity index (χ2v) is 50.9. The Bertz CT molecular complexity index is 5380. The van der Waals surface area contributed by atoms with E-state index in [1.54, 1.807) is 8.61 Å². The zero-order valence-electron chi connectivity index (χ0n) is 84.7. The molecule has 800 valence electrons. The van der Waals surface area contributed by atoms with Gasteiger partial charge >= 0.3 is 0 Å². The van der Waals surface area contributed by atoms with Crippen molar-refractivity contribution in [2.75, 3.05) is 177 Å². The van der Waals surface area contributed by atoms with Crippen LogP contribution in [0.4, 0.5) is 43.9 Å². The maximum atomic E-state index is 14.2. The van der Waals surface area contributed by atoms with Crippen LogP contribution in [0.2, 0.25) is 0 Å². The maximum absolute atomic E-state index is 14.2. The number of hydrogen-bond acceptors (Lipinski definition) is 22. The van der Waals surface area contributed by atoms with E-state index in [2.05, 4.69) is 60.1 Å².